The fourth-order valence-electron chi connectivity index (χ4n) is 3.25. The van der Waals surface area contributed by atoms with E-state index in [2.05, 4.69) is 10.3 Å². The first-order valence-electron chi connectivity index (χ1n) is 9.08. The highest BCUT2D eigenvalue weighted by Gasteiger charge is 2.64. The quantitative estimate of drug-likeness (QED) is 0.707. The molecule has 3 rings (SSSR count). The van der Waals surface area contributed by atoms with E-state index in [9.17, 15) is 22.4 Å². The van der Waals surface area contributed by atoms with Crippen molar-refractivity contribution in [1.82, 2.24) is 15.2 Å². The van der Waals surface area contributed by atoms with Gasteiger partial charge in [-0.15, -0.1) is 0 Å². The monoisotopic (exact) mass is 405 g/mol. The molecule has 1 aliphatic carbocycles. The highest BCUT2D eigenvalue weighted by atomic mass is 19.4. The Balaban J connectivity index is 1.70. The Morgan fingerprint density at radius 1 is 1.39 bits per heavy atom. The Morgan fingerprint density at radius 2 is 2.11 bits per heavy atom. The van der Waals surface area contributed by atoms with Crippen LogP contribution in [0.5, 0.6) is 11.8 Å². The molecule has 28 heavy (non-hydrogen) atoms. The minimum absolute atomic E-state index is 0.00675. The van der Waals surface area contributed by atoms with E-state index < -0.39 is 29.9 Å². The van der Waals surface area contributed by atoms with Gasteiger partial charge in [0.25, 0.3) is 5.88 Å². The summed E-state index contributed by atoms with van der Waals surface area (Å²) in [6.07, 6.45) is -2.84. The first-order chi connectivity index (χ1) is 13.2. The second-order valence-corrected chi connectivity index (χ2v) is 7.35. The van der Waals surface area contributed by atoms with E-state index in [0.717, 1.165) is 25.5 Å². The molecule has 1 unspecified atom stereocenters. The van der Waals surface area contributed by atoms with E-state index in [1.165, 1.54) is 12.0 Å². The lowest BCUT2D eigenvalue weighted by atomic mass is 10.1. The van der Waals surface area contributed by atoms with Gasteiger partial charge in [0.15, 0.2) is 5.82 Å². The molecule has 1 aromatic heterocycles. The van der Waals surface area contributed by atoms with Crippen molar-refractivity contribution in [2.45, 2.75) is 44.4 Å². The van der Waals surface area contributed by atoms with E-state index in [-0.39, 0.29) is 37.2 Å². The summed E-state index contributed by atoms with van der Waals surface area (Å²) in [5.74, 6) is -1.55. The van der Waals surface area contributed by atoms with Crippen LogP contribution in [0.1, 0.15) is 31.2 Å². The van der Waals surface area contributed by atoms with Gasteiger partial charge in [0.1, 0.15) is 12.0 Å². The Labute approximate surface area is 160 Å². The predicted octanol–water partition coefficient (Wildman–Crippen LogP) is 2.66. The second kappa shape index (κ2) is 7.73. The van der Waals surface area contributed by atoms with E-state index >= 15 is 0 Å². The number of hydrogen-bond acceptors (Lipinski definition) is 5. The Hall–Kier alpha value is -2.10. The third-order valence-electron chi connectivity index (χ3n) is 5.26. The summed E-state index contributed by atoms with van der Waals surface area (Å²) in [6, 6.07) is 0.814. The summed E-state index contributed by atoms with van der Waals surface area (Å²) in [5.41, 5.74) is -1.62. The summed E-state index contributed by atoms with van der Waals surface area (Å²) in [5, 5.41) is 3.10. The maximum absolute atomic E-state index is 14.4. The maximum Gasteiger partial charge on any atom is 0.397 e. The number of alkyl halides is 3. The fraction of sp³-hybridized carbons (Fsp3) is 0.667. The number of carbonyl (C=O) groups is 1. The van der Waals surface area contributed by atoms with Gasteiger partial charge in [0.2, 0.25) is 11.8 Å². The topological polar surface area (TPSA) is 63.7 Å². The van der Waals surface area contributed by atoms with E-state index in [1.54, 1.807) is 7.05 Å². The number of pyridine rings is 1. The molecule has 156 valence electrons. The number of amides is 1. The number of methoxy groups -OCH3 is 1. The molecule has 0 radical (unpaired) electrons. The summed E-state index contributed by atoms with van der Waals surface area (Å²) >= 11 is 0. The van der Waals surface area contributed by atoms with Crippen molar-refractivity contribution in [3.05, 3.63) is 17.4 Å². The maximum atomic E-state index is 14.4. The average Bonchev–Trinajstić information content (AvgIpc) is 3.25. The molecule has 1 aliphatic heterocycles. The van der Waals surface area contributed by atoms with Crippen molar-refractivity contribution in [2.24, 2.45) is 5.41 Å². The van der Waals surface area contributed by atoms with E-state index in [0.29, 0.717) is 5.56 Å². The molecule has 1 atom stereocenters. The predicted molar refractivity (Wildman–Crippen MR) is 91.5 cm³/mol. The lowest BCUT2D eigenvalue weighted by Crippen LogP contribution is -2.41. The van der Waals surface area contributed by atoms with Crippen molar-refractivity contribution in [2.75, 3.05) is 27.3 Å². The molecule has 2 heterocycles. The number of ether oxygens (including phenoxy) is 2. The number of rotatable bonds is 7. The molecule has 2 fully saturated rings. The third-order valence-corrected chi connectivity index (χ3v) is 5.26. The lowest BCUT2D eigenvalue weighted by molar-refractivity contribution is -0.194. The Kier molecular flexibility index (Phi) is 5.69. The summed E-state index contributed by atoms with van der Waals surface area (Å²) in [7, 11) is 2.90. The van der Waals surface area contributed by atoms with Gasteiger partial charge in [0, 0.05) is 12.6 Å². The van der Waals surface area contributed by atoms with E-state index in [1.807, 2.05) is 0 Å². The number of nitrogens with one attached hydrogen (secondary N) is 1. The Morgan fingerprint density at radius 3 is 2.64 bits per heavy atom. The first kappa shape index (κ1) is 20.6. The smallest absolute Gasteiger partial charge is 0.397 e. The molecular formula is C18H23F4N3O3. The zero-order valence-corrected chi connectivity index (χ0v) is 15.7. The summed E-state index contributed by atoms with van der Waals surface area (Å²) < 4.78 is 63.5. The zero-order chi connectivity index (χ0) is 20.5. The number of aromatic nitrogens is 1. The highest BCUT2D eigenvalue weighted by molar-refractivity contribution is 5.82. The van der Waals surface area contributed by atoms with Crippen LogP contribution in [-0.2, 0) is 11.3 Å². The lowest BCUT2D eigenvalue weighted by Gasteiger charge is -2.23. The minimum Gasteiger partial charge on any atom is -0.481 e. The van der Waals surface area contributed by atoms with Gasteiger partial charge in [-0.05, 0) is 38.3 Å². The number of hydrogen-bond donors (Lipinski definition) is 1. The minimum atomic E-state index is -4.40. The van der Waals surface area contributed by atoms with Crippen LogP contribution >= 0.6 is 0 Å². The third kappa shape index (κ3) is 4.16. The van der Waals surface area contributed by atoms with Gasteiger partial charge in [-0.2, -0.15) is 18.2 Å². The number of carbonyl (C=O) groups excluding carboxylic acids is 1. The molecule has 2 aliphatic rings. The molecule has 1 saturated carbocycles. The van der Waals surface area contributed by atoms with Crippen molar-refractivity contribution >= 4 is 5.91 Å². The molecule has 1 N–H and O–H groups in total. The van der Waals surface area contributed by atoms with Crippen LogP contribution in [0, 0.1) is 11.2 Å². The molecule has 6 nitrogen and oxygen atoms in total. The first-order valence-corrected chi connectivity index (χ1v) is 9.08. The molecule has 1 aromatic rings. The van der Waals surface area contributed by atoms with Gasteiger partial charge in [-0.3, -0.25) is 4.79 Å². The van der Waals surface area contributed by atoms with Crippen molar-refractivity contribution < 1.29 is 31.8 Å². The molecular weight excluding hydrogens is 382 g/mol. The SMILES string of the molecule is COc1nc(OCC2(C(F)(F)F)CC2)c(F)cc1CN(C)C(=O)C1CCCN1. The molecule has 1 saturated heterocycles. The van der Waals surface area contributed by atoms with Crippen LogP contribution < -0.4 is 14.8 Å². The van der Waals surface area contributed by atoms with Gasteiger partial charge in [0.05, 0.1) is 19.7 Å². The zero-order valence-electron chi connectivity index (χ0n) is 15.7. The van der Waals surface area contributed by atoms with Gasteiger partial charge in [-0.25, -0.2) is 4.39 Å². The molecule has 0 spiro atoms. The molecule has 10 heteroatoms. The van der Waals surface area contributed by atoms with Crippen molar-refractivity contribution in [3.63, 3.8) is 0 Å². The fourth-order valence-corrected chi connectivity index (χ4v) is 3.25. The molecule has 0 aromatic carbocycles. The highest BCUT2D eigenvalue weighted by Crippen LogP contribution is 2.57. The van der Waals surface area contributed by atoms with Crippen LogP contribution in [0.4, 0.5) is 17.6 Å². The molecule has 0 bridgehead atoms. The summed E-state index contributed by atoms with van der Waals surface area (Å²) in [6.45, 7) is 0.140. The normalized spacial score (nSPS) is 20.7. The second-order valence-electron chi connectivity index (χ2n) is 7.35. The van der Waals surface area contributed by atoms with Gasteiger partial charge in [-0.1, -0.05) is 0 Å². The van der Waals surface area contributed by atoms with Crippen LogP contribution in [-0.4, -0.2) is 55.3 Å². The summed E-state index contributed by atoms with van der Waals surface area (Å²) in [4.78, 5) is 17.7. The number of halogens is 4. The van der Waals surface area contributed by atoms with Crippen LogP contribution in [0.2, 0.25) is 0 Å². The Bertz CT molecular complexity index is 732. The van der Waals surface area contributed by atoms with Crippen molar-refractivity contribution in [1.29, 1.82) is 0 Å². The van der Waals surface area contributed by atoms with Crippen LogP contribution in [0.15, 0.2) is 6.07 Å². The number of likely N-dealkylation sites (N-methyl/N-ethyl adjacent to an activating group) is 1. The van der Waals surface area contributed by atoms with Crippen LogP contribution in [0.3, 0.4) is 0 Å². The number of nitrogens with zero attached hydrogens (tertiary/aromatic N) is 2. The van der Waals surface area contributed by atoms with Crippen LogP contribution in [0.25, 0.3) is 0 Å². The molecule has 1 amide bonds. The average molecular weight is 405 g/mol. The van der Waals surface area contributed by atoms with Crippen molar-refractivity contribution in [3.8, 4) is 11.8 Å². The largest absolute Gasteiger partial charge is 0.481 e. The van der Waals surface area contributed by atoms with Gasteiger partial charge >= 0.3 is 6.18 Å². The van der Waals surface area contributed by atoms with E-state index in [4.69, 9.17) is 9.47 Å². The van der Waals surface area contributed by atoms with Gasteiger partial charge < -0.3 is 19.7 Å². The standard InChI is InChI=1S/C18H23F4N3O3/c1-25(16(26)13-4-3-7-23-13)9-11-8-12(19)15(24-14(11)27-2)28-10-17(5-6-17)18(20,21)22/h8,13,23H,3-7,9-10H2,1-2H3.